The fourth-order valence-corrected chi connectivity index (χ4v) is 3.54. The van der Waals surface area contributed by atoms with E-state index in [9.17, 15) is 9.18 Å². The lowest BCUT2D eigenvalue weighted by molar-refractivity contribution is -0.117. The molecule has 0 saturated carbocycles. The number of aromatic nitrogens is 5. The van der Waals surface area contributed by atoms with Crippen molar-refractivity contribution in [3.63, 3.8) is 0 Å². The summed E-state index contributed by atoms with van der Waals surface area (Å²) in [6.07, 6.45) is 3.57. The molecule has 2 N–H and O–H groups in total. The van der Waals surface area contributed by atoms with Gasteiger partial charge in [-0.15, -0.1) is 21.5 Å². The summed E-state index contributed by atoms with van der Waals surface area (Å²) in [4.78, 5) is 15.3. The normalized spacial score (nSPS) is 11.3. The summed E-state index contributed by atoms with van der Waals surface area (Å²) in [6.45, 7) is 0. The van der Waals surface area contributed by atoms with Crippen molar-refractivity contribution in [2.75, 3.05) is 0 Å². The largest absolute Gasteiger partial charge is 0.424 e. The van der Waals surface area contributed by atoms with Crippen LogP contribution in [0.25, 0.3) is 21.3 Å². The van der Waals surface area contributed by atoms with Crippen molar-refractivity contribution < 1.29 is 13.6 Å². The van der Waals surface area contributed by atoms with Gasteiger partial charge in [-0.2, -0.15) is 5.10 Å². The molecular weight excluding hydrogens is 359 g/mol. The molecule has 3 aromatic heterocycles. The third-order valence-corrected chi connectivity index (χ3v) is 4.69. The molecule has 0 atom stereocenters. The Kier molecular flexibility index (Phi) is 3.96. The molecule has 0 aliphatic heterocycles. The van der Waals surface area contributed by atoms with Crippen molar-refractivity contribution in [3.05, 3.63) is 47.1 Å². The number of carbonyl (C=O) groups is 1. The summed E-state index contributed by atoms with van der Waals surface area (Å²) in [7, 11) is 1.78. The number of fused-ring (bicyclic) bond motifs is 1. The van der Waals surface area contributed by atoms with E-state index in [1.807, 2.05) is 0 Å². The van der Waals surface area contributed by atoms with E-state index < -0.39 is 5.91 Å². The molecule has 1 amide bonds. The Balaban J connectivity index is 1.63. The highest BCUT2D eigenvalue weighted by molar-refractivity contribution is 7.18. The quantitative estimate of drug-likeness (QED) is 0.572. The zero-order valence-corrected chi connectivity index (χ0v) is 14.5. The van der Waals surface area contributed by atoms with Gasteiger partial charge in [-0.05, 0) is 6.07 Å². The van der Waals surface area contributed by atoms with Crippen molar-refractivity contribution in [2.24, 2.45) is 12.8 Å². The first-order chi connectivity index (χ1) is 12.5. The van der Waals surface area contributed by atoms with Gasteiger partial charge < -0.3 is 10.2 Å². The van der Waals surface area contributed by atoms with Gasteiger partial charge in [-0.25, -0.2) is 9.37 Å². The monoisotopic (exact) mass is 372 g/mol. The number of nitrogens with two attached hydrogens (primary N) is 1. The molecule has 1 aromatic carbocycles. The van der Waals surface area contributed by atoms with Crippen LogP contribution in [0.3, 0.4) is 0 Å². The third-order valence-electron chi connectivity index (χ3n) is 3.67. The van der Waals surface area contributed by atoms with Crippen LogP contribution in [-0.4, -0.2) is 30.9 Å². The van der Waals surface area contributed by atoms with E-state index in [0.29, 0.717) is 34.0 Å². The number of carbonyl (C=O) groups excluding carboxylic acids is 1. The summed E-state index contributed by atoms with van der Waals surface area (Å²) >= 11 is 1.42. The summed E-state index contributed by atoms with van der Waals surface area (Å²) in [5.41, 5.74) is 6.84. The second-order valence-electron chi connectivity index (χ2n) is 5.72. The highest BCUT2D eigenvalue weighted by atomic mass is 32.1. The van der Waals surface area contributed by atoms with E-state index in [1.165, 1.54) is 17.4 Å². The molecule has 0 aliphatic rings. The number of aryl methyl sites for hydroxylation is 1. The standard InChI is InChI=1S/C16H13FN6O2S/c1-23-7-8(6-19-23)9-2-12-11(3-10(9)17)20-16(26-12)5-15-22-21-14(25-15)4-13(18)24/h2-3,6-7H,4-5H2,1H3,(H2,18,24). The number of amides is 1. The number of rotatable bonds is 5. The minimum absolute atomic E-state index is 0.105. The lowest BCUT2D eigenvalue weighted by Gasteiger charge is -1.99. The molecule has 0 fully saturated rings. The molecule has 3 heterocycles. The van der Waals surface area contributed by atoms with Crippen LogP contribution < -0.4 is 5.73 Å². The molecule has 8 nitrogen and oxygen atoms in total. The summed E-state index contributed by atoms with van der Waals surface area (Å²) in [5, 5.41) is 12.4. The Morgan fingerprint density at radius 3 is 2.88 bits per heavy atom. The molecule has 132 valence electrons. The summed E-state index contributed by atoms with van der Waals surface area (Å²) in [6, 6.07) is 3.17. The average molecular weight is 372 g/mol. The number of hydrogen-bond donors (Lipinski definition) is 1. The van der Waals surface area contributed by atoms with Gasteiger partial charge in [-0.3, -0.25) is 9.48 Å². The van der Waals surface area contributed by atoms with Crippen LogP contribution in [-0.2, 0) is 24.7 Å². The lowest BCUT2D eigenvalue weighted by atomic mass is 10.1. The number of benzene rings is 1. The van der Waals surface area contributed by atoms with E-state index in [2.05, 4.69) is 20.3 Å². The molecule has 4 rings (SSSR count). The van der Waals surface area contributed by atoms with E-state index >= 15 is 0 Å². The maximum absolute atomic E-state index is 14.4. The number of nitrogens with zero attached hydrogens (tertiary/aromatic N) is 5. The fraction of sp³-hybridized carbons (Fsp3) is 0.188. The molecule has 0 radical (unpaired) electrons. The average Bonchev–Trinajstić information content (AvgIpc) is 3.26. The third kappa shape index (κ3) is 3.18. The van der Waals surface area contributed by atoms with E-state index in [4.69, 9.17) is 10.2 Å². The molecule has 10 heteroatoms. The minimum Gasteiger partial charge on any atom is -0.424 e. The zero-order chi connectivity index (χ0) is 18.3. The summed E-state index contributed by atoms with van der Waals surface area (Å²) in [5.74, 6) is -0.408. The smallest absolute Gasteiger partial charge is 0.226 e. The van der Waals surface area contributed by atoms with Gasteiger partial charge in [0.1, 0.15) is 17.2 Å². The minimum atomic E-state index is -0.543. The van der Waals surface area contributed by atoms with Crippen LogP contribution in [0, 0.1) is 5.82 Å². The Bertz CT molecular complexity index is 1120. The Morgan fingerprint density at radius 1 is 1.35 bits per heavy atom. The predicted molar refractivity (Wildman–Crippen MR) is 91.8 cm³/mol. The van der Waals surface area contributed by atoms with Crippen LogP contribution in [0.1, 0.15) is 16.8 Å². The lowest BCUT2D eigenvalue weighted by Crippen LogP contribution is -2.13. The molecular formula is C16H13FN6O2S. The second kappa shape index (κ2) is 6.30. The Morgan fingerprint density at radius 2 is 2.15 bits per heavy atom. The predicted octanol–water partition coefficient (Wildman–Crippen LogP) is 1.84. The van der Waals surface area contributed by atoms with Gasteiger partial charge in [-0.1, -0.05) is 0 Å². The van der Waals surface area contributed by atoms with Gasteiger partial charge in [0, 0.05) is 30.4 Å². The SMILES string of the molecule is Cn1cc(-c2cc3sc(Cc4nnc(CC(N)=O)o4)nc3cc2F)cn1. The number of primary amides is 1. The molecule has 26 heavy (non-hydrogen) atoms. The topological polar surface area (TPSA) is 113 Å². The number of halogens is 1. The van der Waals surface area contributed by atoms with Gasteiger partial charge >= 0.3 is 0 Å². The van der Waals surface area contributed by atoms with Crippen molar-refractivity contribution >= 4 is 27.5 Å². The molecule has 0 spiro atoms. The van der Waals surface area contributed by atoms with Crippen LogP contribution in [0.15, 0.2) is 28.9 Å². The Labute approximate surface area is 150 Å². The first-order valence-corrected chi connectivity index (χ1v) is 8.47. The zero-order valence-electron chi connectivity index (χ0n) is 13.6. The van der Waals surface area contributed by atoms with Crippen molar-refractivity contribution in [1.29, 1.82) is 0 Å². The molecule has 0 bridgehead atoms. The number of thiazole rings is 1. The van der Waals surface area contributed by atoms with Crippen LogP contribution in [0.4, 0.5) is 4.39 Å². The molecule has 0 aliphatic carbocycles. The maximum atomic E-state index is 14.4. The Hall–Kier alpha value is -3.14. The van der Waals surface area contributed by atoms with Crippen LogP contribution in [0.2, 0.25) is 0 Å². The molecule has 4 aromatic rings. The van der Waals surface area contributed by atoms with Crippen molar-refractivity contribution in [2.45, 2.75) is 12.8 Å². The van der Waals surface area contributed by atoms with E-state index in [0.717, 1.165) is 4.70 Å². The molecule has 0 saturated heterocycles. The van der Waals surface area contributed by atoms with Crippen molar-refractivity contribution in [3.8, 4) is 11.1 Å². The van der Waals surface area contributed by atoms with E-state index in [-0.39, 0.29) is 18.1 Å². The van der Waals surface area contributed by atoms with Gasteiger partial charge in [0.25, 0.3) is 0 Å². The van der Waals surface area contributed by atoms with Gasteiger partial charge in [0.05, 0.1) is 22.8 Å². The van der Waals surface area contributed by atoms with Gasteiger partial charge in [0.15, 0.2) is 0 Å². The maximum Gasteiger partial charge on any atom is 0.226 e. The summed E-state index contributed by atoms with van der Waals surface area (Å²) < 4.78 is 22.3. The fourth-order valence-electron chi connectivity index (χ4n) is 2.56. The second-order valence-corrected chi connectivity index (χ2v) is 6.83. The number of hydrogen-bond acceptors (Lipinski definition) is 7. The van der Waals surface area contributed by atoms with E-state index in [1.54, 1.807) is 30.2 Å². The van der Waals surface area contributed by atoms with Crippen LogP contribution in [0.5, 0.6) is 0 Å². The van der Waals surface area contributed by atoms with Gasteiger partial charge in [0.2, 0.25) is 17.7 Å². The first kappa shape index (κ1) is 16.3. The van der Waals surface area contributed by atoms with Crippen LogP contribution >= 0.6 is 11.3 Å². The van der Waals surface area contributed by atoms with Crippen molar-refractivity contribution in [1.82, 2.24) is 25.0 Å². The highest BCUT2D eigenvalue weighted by Gasteiger charge is 2.15. The highest BCUT2D eigenvalue weighted by Crippen LogP contribution is 2.31. The molecule has 0 unspecified atom stereocenters. The first-order valence-electron chi connectivity index (χ1n) is 7.65.